The Balaban J connectivity index is 2.01. The number of nitrogens with one attached hydrogen (secondary N) is 1. The normalized spacial score (nSPS) is 11.3. The molecule has 0 atom stereocenters. The number of fused-ring (bicyclic) bond motifs is 1. The Kier molecular flexibility index (Phi) is 6.66. The van der Waals surface area contributed by atoms with Crippen LogP contribution < -0.4 is 22.2 Å². The second-order valence-electron chi connectivity index (χ2n) is 7.17. The van der Waals surface area contributed by atoms with E-state index in [-0.39, 0.29) is 34.5 Å². The van der Waals surface area contributed by atoms with Crippen molar-refractivity contribution in [2.24, 2.45) is 0 Å². The molecule has 0 saturated heterocycles. The van der Waals surface area contributed by atoms with Gasteiger partial charge in [0.2, 0.25) is 0 Å². The smallest absolute Gasteiger partial charge is 0.195 e. The van der Waals surface area contributed by atoms with Crippen molar-refractivity contribution >= 4 is 22.3 Å². The lowest BCUT2D eigenvalue weighted by Crippen LogP contribution is -2.18. The van der Waals surface area contributed by atoms with Crippen LogP contribution in [0.2, 0.25) is 0 Å². The molecule has 3 rings (SSSR count). The number of hydrogen-bond acceptors (Lipinski definition) is 5. The number of unbranched alkanes of at least 4 members (excludes halogenated alkanes) is 3. The van der Waals surface area contributed by atoms with Gasteiger partial charge >= 0.3 is 0 Å². The van der Waals surface area contributed by atoms with Gasteiger partial charge in [-0.3, -0.25) is 4.79 Å². The molecular formula is C22H24F3N3O2. The van der Waals surface area contributed by atoms with Crippen molar-refractivity contribution in [1.29, 1.82) is 0 Å². The molecule has 5 nitrogen and oxygen atoms in total. The van der Waals surface area contributed by atoms with Crippen LogP contribution in [0.25, 0.3) is 22.3 Å². The van der Waals surface area contributed by atoms with Gasteiger partial charge in [0.1, 0.15) is 11.6 Å². The minimum atomic E-state index is -1.01. The molecule has 0 aliphatic carbocycles. The van der Waals surface area contributed by atoms with Crippen LogP contribution in [-0.2, 0) is 6.54 Å². The van der Waals surface area contributed by atoms with Gasteiger partial charge in [0.05, 0.1) is 16.8 Å². The molecule has 0 aliphatic heterocycles. The fraction of sp³-hybridized carbons (Fsp3) is 0.318. The highest BCUT2D eigenvalue weighted by Crippen LogP contribution is 2.32. The van der Waals surface area contributed by atoms with E-state index >= 15 is 4.39 Å². The van der Waals surface area contributed by atoms with Crippen molar-refractivity contribution in [3.8, 4) is 11.3 Å². The summed E-state index contributed by atoms with van der Waals surface area (Å²) in [5, 5.41) is 2.61. The lowest BCUT2D eigenvalue weighted by molar-refractivity contribution is 0.512. The van der Waals surface area contributed by atoms with E-state index in [1.165, 1.54) is 12.1 Å². The summed E-state index contributed by atoms with van der Waals surface area (Å²) in [5.74, 6) is -2.77. The van der Waals surface area contributed by atoms with Gasteiger partial charge in [-0.05, 0) is 31.2 Å². The zero-order valence-corrected chi connectivity index (χ0v) is 16.7. The minimum Gasteiger partial charge on any atom is -0.453 e. The van der Waals surface area contributed by atoms with Crippen LogP contribution in [0.5, 0.6) is 0 Å². The molecule has 0 amide bonds. The lowest BCUT2D eigenvalue weighted by Gasteiger charge is -2.13. The first-order chi connectivity index (χ1) is 14.3. The van der Waals surface area contributed by atoms with Crippen molar-refractivity contribution in [3.63, 3.8) is 0 Å². The largest absolute Gasteiger partial charge is 0.453 e. The van der Waals surface area contributed by atoms with Crippen LogP contribution in [0.3, 0.4) is 0 Å². The summed E-state index contributed by atoms with van der Waals surface area (Å²) in [6.07, 6.45) is 4.07. The number of benzene rings is 2. The molecule has 3 aromatic rings. The zero-order chi connectivity index (χ0) is 21.8. The van der Waals surface area contributed by atoms with E-state index in [2.05, 4.69) is 12.2 Å². The summed E-state index contributed by atoms with van der Waals surface area (Å²) in [5.41, 5.74) is 9.40. The highest BCUT2D eigenvalue weighted by molar-refractivity contribution is 5.91. The number of halogens is 3. The Labute approximate surface area is 171 Å². The van der Waals surface area contributed by atoms with Crippen LogP contribution in [0.1, 0.15) is 38.2 Å². The summed E-state index contributed by atoms with van der Waals surface area (Å²) >= 11 is 0. The van der Waals surface area contributed by atoms with Crippen LogP contribution in [0.15, 0.2) is 33.5 Å². The first-order valence-electron chi connectivity index (χ1n) is 9.84. The average Bonchev–Trinajstić information content (AvgIpc) is 2.72. The van der Waals surface area contributed by atoms with Gasteiger partial charge < -0.3 is 21.2 Å². The molecule has 5 N–H and O–H groups in total. The average molecular weight is 419 g/mol. The summed E-state index contributed by atoms with van der Waals surface area (Å²) < 4.78 is 49.1. The van der Waals surface area contributed by atoms with Crippen LogP contribution in [-0.4, -0.2) is 6.54 Å². The SMILES string of the molecule is CCCCCCNCc1c(F)c(N)c2c(=O)cc(-c3ccc(N)c(F)c3)oc2c1F. The van der Waals surface area contributed by atoms with Gasteiger partial charge in [0.25, 0.3) is 0 Å². The van der Waals surface area contributed by atoms with Crippen LogP contribution >= 0.6 is 0 Å². The van der Waals surface area contributed by atoms with Crippen molar-refractivity contribution < 1.29 is 17.6 Å². The Morgan fingerprint density at radius 2 is 1.80 bits per heavy atom. The third-order valence-corrected chi connectivity index (χ3v) is 4.98. The van der Waals surface area contributed by atoms with E-state index in [4.69, 9.17) is 15.9 Å². The Bertz CT molecular complexity index is 1130. The number of nitrogen functional groups attached to an aromatic ring is 2. The second-order valence-corrected chi connectivity index (χ2v) is 7.17. The topological polar surface area (TPSA) is 94.3 Å². The quantitative estimate of drug-likeness (QED) is 0.363. The van der Waals surface area contributed by atoms with E-state index in [1.54, 1.807) is 0 Å². The van der Waals surface area contributed by atoms with Gasteiger partial charge in [-0.2, -0.15) is 0 Å². The van der Waals surface area contributed by atoms with E-state index < -0.39 is 34.2 Å². The number of rotatable bonds is 8. The van der Waals surface area contributed by atoms with Gasteiger partial charge in [0.15, 0.2) is 22.6 Å². The van der Waals surface area contributed by atoms with E-state index in [1.807, 2.05) is 0 Å². The van der Waals surface area contributed by atoms with Gasteiger partial charge in [0, 0.05) is 23.7 Å². The van der Waals surface area contributed by atoms with Gasteiger partial charge in [-0.1, -0.05) is 26.2 Å². The molecule has 2 aromatic carbocycles. The molecule has 0 unspecified atom stereocenters. The number of hydrogen-bond donors (Lipinski definition) is 3. The van der Waals surface area contributed by atoms with Crippen molar-refractivity contribution in [3.05, 3.63) is 57.5 Å². The van der Waals surface area contributed by atoms with Gasteiger partial charge in [-0.15, -0.1) is 0 Å². The maximum Gasteiger partial charge on any atom is 0.195 e. The minimum absolute atomic E-state index is 0.0743. The molecule has 1 aromatic heterocycles. The maximum atomic E-state index is 15.1. The lowest BCUT2D eigenvalue weighted by atomic mass is 10.1. The van der Waals surface area contributed by atoms with Gasteiger partial charge in [-0.25, -0.2) is 13.2 Å². The summed E-state index contributed by atoms with van der Waals surface area (Å²) in [4.78, 5) is 12.5. The van der Waals surface area contributed by atoms with E-state index in [9.17, 15) is 13.6 Å². The summed E-state index contributed by atoms with van der Waals surface area (Å²) in [7, 11) is 0. The molecule has 160 valence electrons. The highest BCUT2D eigenvalue weighted by atomic mass is 19.1. The van der Waals surface area contributed by atoms with Crippen molar-refractivity contribution in [2.45, 2.75) is 39.2 Å². The highest BCUT2D eigenvalue weighted by Gasteiger charge is 2.23. The Hall–Kier alpha value is -3.00. The molecule has 0 aliphatic rings. The molecular weight excluding hydrogens is 395 g/mol. The summed E-state index contributed by atoms with van der Waals surface area (Å²) in [6.45, 7) is 2.58. The third kappa shape index (κ3) is 4.28. The van der Waals surface area contributed by atoms with Crippen LogP contribution in [0.4, 0.5) is 24.5 Å². The Morgan fingerprint density at radius 1 is 1.03 bits per heavy atom. The monoisotopic (exact) mass is 419 g/mol. The van der Waals surface area contributed by atoms with Crippen molar-refractivity contribution in [2.75, 3.05) is 18.0 Å². The molecule has 0 radical (unpaired) electrons. The summed E-state index contributed by atoms with van der Waals surface area (Å²) in [6, 6.07) is 4.83. The van der Waals surface area contributed by atoms with E-state index in [0.29, 0.717) is 6.54 Å². The third-order valence-electron chi connectivity index (χ3n) is 4.98. The number of nitrogens with two attached hydrogens (primary N) is 2. The number of anilines is 2. The predicted octanol–water partition coefficient (Wildman–Crippen LogP) is 4.71. The zero-order valence-electron chi connectivity index (χ0n) is 16.7. The second kappa shape index (κ2) is 9.21. The first-order valence-corrected chi connectivity index (χ1v) is 9.84. The maximum absolute atomic E-state index is 15.1. The molecule has 30 heavy (non-hydrogen) atoms. The first kappa shape index (κ1) is 21.7. The molecule has 1 heterocycles. The fourth-order valence-electron chi connectivity index (χ4n) is 3.28. The predicted molar refractivity (Wildman–Crippen MR) is 112 cm³/mol. The Morgan fingerprint density at radius 3 is 2.50 bits per heavy atom. The molecule has 0 bridgehead atoms. The molecule has 0 saturated carbocycles. The van der Waals surface area contributed by atoms with Crippen LogP contribution in [0, 0.1) is 17.5 Å². The molecule has 0 spiro atoms. The standard InChI is InChI=1S/C22H24F3N3O2/c1-2-3-4-5-8-28-11-13-19(24)21(27)18-16(29)10-17(30-22(18)20(13)25)12-6-7-15(26)14(23)9-12/h6-7,9-10,28H,2-5,8,11,26-27H2,1H3. The van der Waals surface area contributed by atoms with Crippen molar-refractivity contribution in [1.82, 2.24) is 5.32 Å². The molecule has 0 fully saturated rings. The fourth-order valence-corrected chi connectivity index (χ4v) is 3.28. The molecule has 8 heteroatoms. The van der Waals surface area contributed by atoms with E-state index in [0.717, 1.165) is 37.8 Å².